The van der Waals surface area contributed by atoms with E-state index in [9.17, 15) is 44.1 Å². The Balaban J connectivity index is 1.47. The Morgan fingerprint density at radius 2 is 1.50 bits per heavy atom. The Morgan fingerprint density at radius 1 is 0.862 bits per heavy atom. The highest BCUT2D eigenvalue weighted by molar-refractivity contribution is 5.85. The second-order valence-corrected chi connectivity index (χ2v) is 18.1. The van der Waals surface area contributed by atoms with Gasteiger partial charge in [0.1, 0.15) is 35.6 Å². The predicted octanol–water partition coefficient (Wildman–Crippen LogP) is 0.283. The van der Waals surface area contributed by atoms with Gasteiger partial charge >= 0.3 is 35.8 Å². The van der Waals surface area contributed by atoms with Crippen LogP contribution < -0.4 is 0 Å². The molecule has 8 fully saturated rings. The molecule has 0 amide bonds. The van der Waals surface area contributed by atoms with Crippen LogP contribution in [0.1, 0.15) is 79.9 Å². The molecule has 0 aromatic carbocycles. The van der Waals surface area contributed by atoms with Crippen molar-refractivity contribution in [3.05, 3.63) is 24.2 Å². The summed E-state index contributed by atoms with van der Waals surface area (Å²) in [6, 6.07) is 1.50. The van der Waals surface area contributed by atoms with Gasteiger partial charge in [0.2, 0.25) is 6.10 Å². The Bertz CT molecular complexity index is 2070. The van der Waals surface area contributed by atoms with Gasteiger partial charge in [-0.25, -0.2) is 9.59 Å². The lowest BCUT2D eigenvalue weighted by Gasteiger charge is -2.76. The smallest absolute Gasteiger partial charge is 0.348 e. The molecule has 0 radical (unpaired) electrons. The zero-order chi connectivity index (χ0) is 42.3. The van der Waals surface area contributed by atoms with Gasteiger partial charge in [0.05, 0.1) is 36.4 Å². The summed E-state index contributed by atoms with van der Waals surface area (Å²) < 4.78 is 61.9. The molecule has 1 spiro atoms. The van der Waals surface area contributed by atoms with E-state index >= 15 is 0 Å². The number of carbonyl (C=O) groups is 6. The van der Waals surface area contributed by atoms with Crippen LogP contribution in [0.2, 0.25) is 0 Å². The fourth-order valence-corrected chi connectivity index (χ4v) is 14.1. The highest BCUT2D eigenvalue weighted by Gasteiger charge is 3.11. The Morgan fingerprint density at radius 3 is 2.07 bits per heavy atom. The predicted molar refractivity (Wildman–Crippen MR) is 182 cm³/mol. The maximum absolute atomic E-state index is 14.7. The van der Waals surface area contributed by atoms with Crippen LogP contribution >= 0.6 is 0 Å². The first-order valence-corrected chi connectivity index (χ1v) is 19.2. The minimum atomic E-state index is -2.93. The van der Waals surface area contributed by atoms with Gasteiger partial charge in [-0.05, 0) is 18.9 Å². The highest BCUT2D eigenvalue weighted by atomic mass is 17.0. The number of furan rings is 1. The third-order valence-corrected chi connectivity index (χ3v) is 15.3. The van der Waals surface area contributed by atoms with Gasteiger partial charge in [0.25, 0.3) is 5.97 Å². The molecule has 9 rings (SSSR count). The van der Waals surface area contributed by atoms with Crippen LogP contribution in [-0.4, -0.2) is 123 Å². The molecular formula is C39H46O19. The molecule has 0 unspecified atom stereocenters. The third kappa shape index (κ3) is 3.72. The summed E-state index contributed by atoms with van der Waals surface area (Å²) in [4.78, 5) is 82.1. The molecular weight excluding hydrogens is 772 g/mol. The van der Waals surface area contributed by atoms with E-state index in [2.05, 4.69) is 0 Å². The summed E-state index contributed by atoms with van der Waals surface area (Å²) in [7, 11) is 1.03. The van der Waals surface area contributed by atoms with Gasteiger partial charge in [-0.3, -0.25) is 19.2 Å². The number of esters is 6. The summed E-state index contributed by atoms with van der Waals surface area (Å²) in [5.74, 6) is -10.8. The normalized spacial score (nSPS) is 51.1. The van der Waals surface area contributed by atoms with E-state index in [0.717, 1.165) is 27.9 Å². The van der Waals surface area contributed by atoms with Crippen LogP contribution in [0.15, 0.2) is 23.0 Å². The van der Waals surface area contributed by atoms with Crippen molar-refractivity contribution in [2.75, 3.05) is 7.11 Å². The summed E-state index contributed by atoms with van der Waals surface area (Å²) in [5, 5.41) is 39.8. The number of aliphatic hydroxyl groups excluding tert-OH is 1. The molecule has 19 nitrogen and oxygen atoms in total. The monoisotopic (exact) mass is 818 g/mol. The summed E-state index contributed by atoms with van der Waals surface area (Å²) in [6.07, 6.45) is -11.0. The zero-order valence-corrected chi connectivity index (χ0v) is 33.2. The quantitative estimate of drug-likeness (QED) is 0.235. The van der Waals surface area contributed by atoms with Crippen LogP contribution in [0.3, 0.4) is 0 Å². The molecule has 19 heteroatoms. The molecule has 17 atom stereocenters. The molecule has 3 saturated heterocycles. The van der Waals surface area contributed by atoms with E-state index in [1.54, 1.807) is 0 Å². The SMILES string of the molecule is COC(=O)[C@@H](O)[C@@H]1[C@]2(C)C[C@@]3(O)[C@@](O)([C@@H]2OC(C)=O)[C@H](OC(=O)C(C)C)[C@@]24O[C@@]5(C)O[C@@H]([C@@H](OC(C)=O)[C@@]67C[C@]62[C@H](OC(C)=O)C(=O)O[C@@H]7c2ccoc2)[C@@]4(O5)[C@@]13C. The topological polar surface area (TPSA) is 259 Å². The molecule has 3 aliphatic heterocycles. The van der Waals surface area contributed by atoms with Gasteiger partial charge in [-0.1, -0.05) is 27.7 Å². The van der Waals surface area contributed by atoms with Gasteiger partial charge in [0.15, 0.2) is 23.4 Å². The van der Waals surface area contributed by atoms with Gasteiger partial charge in [0, 0.05) is 50.0 Å². The number of fused-ring (bicyclic) bond motifs is 2. The molecule has 3 N–H and O–H groups in total. The lowest BCUT2D eigenvalue weighted by molar-refractivity contribution is -0.455. The van der Waals surface area contributed by atoms with Gasteiger partial charge in [-0.2, -0.15) is 0 Å². The van der Waals surface area contributed by atoms with Crippen LogP contribution in [0.4, 0.5) is 0 Å². The van der Waals surface area contributed by atoms with Crippen LogP contribution in [-0.2, 0) is 71.4 Å². The van der Waals surface area contributed by atoms with Crippen LogP contribution in [0.25, 0.3) is 0 Å². The minimum Gasteiger partial charge on any atom is -0.472 e. The molecule has 1 aromatic rings. The number of carbonyl (C=O) groups excluding carboxylic acids is 6. The van der Waals surface area contributed by atoms with Crippen molar-refractivity contribution in [1.82, 2.24) is 0 Å². The van der Waals surface area contributed by atoms with Crippen molar-refractivity contribution in [2.45, 2.75) is 139 Å². The number of methoxy groups -OCH3 is 1. The van der Waals surface area contributed by atoms with E-state index in [1.165, 1.54) is 53.2 Å². The fraction of sp³-hybridized carbons (Fsp3) is 0.744. The summed E-state index contributed by atoms with van der Waals surface area (Å²) >= 11 is 0. The Labute approximate surface area is 330 Å². The number of hydrogen-bond acceptors (Lipinski definition) is 19. The number of ether oxygens (including phenoxy) is 9. The molecule has 4 heterocycles. The maximum Gasteiger partial charge on any atom is 0.348 e. The van der Waals surface area contributed by atoms with Crippen LogP contribution in [0, 0.1) is 33.5 Å². The zero-order valence-electron chi connectivity index (χ0n) is 33.2. The van der Waals surface area contributed by atoms with E-state index in [1.807, 2.05) is 0 Å². The third-order valence-electron chi connectivity index (χ3n) is 15.3. The highest BCUT2D eigenvalue weighted by Crippen LogP contribution is 2.95. The number of cyclic esters (lactones) is 1. The van der Waals surface area contributed by atoms with Crippen molar-refractivity contribution in [3.8, 4) is 0 Å². The molecule has 8 aliphatic rings. The number of aliphatic hydroxyl groups is 3. The van der Waals surface area contributed by atoms with Crippen LogP contribution in [0.5, 0.6) is 0 Å². The van der Waals surface area contributed by atoms with Crippen molar-refractivity contribution >= 4 is 35.8 Å². The van der Waals surface area contributed by atoms with Gasteiger partial charge < -0.3 is 62.4 Å². The fourth-order valence-electron chi connectivity index (χ4n) is 14.1. The maximum atomic E-state index is 14.7. The number of hydrogen-bond donors (Lipinski definition) is 3. The van der Waals surface area contributed by atoms with Gasteiger partial charge in [-0.15, -0.1) is 0 Å². The van der Waals surface area contributed by atoms with Crippen molar-refractivity contribution in [3.63, 3.8) is 0 Å². The molecule has 4 bridgehead atoms. The minimum absolute atomic E-state index is 0.264. The first-order chi connectivity index (χ1) is 26.9. The second-order valence-electron chi connectivity index (χ2n) is 18.1. The largest absolute Gasteiger partial charge is 0.472 e. The molecule has 58 heavy (non-hydrogen) atoms. The van der Waals surface area contributed by atoms with E-state index in [4.69, 9.17) is 47.0 Å². The molecule has 5 aliphatic carbocycles. The second kappa shape index (κ2) is 11.2. The summed E-state index contributed by atoms with van der Waals surface area (Å²) in [5.41, 5.74) is -18.2. The van der Waals surface area contributed by atoms with E-state index in [-0.39, 0.29) is 12.0 Å². The summed E-state index contributed by atoms with van der Waals surface area (Å²) in [6.45, 7) is 10.5. The standard InChI is InChI=1S/C39H46O19/c1-15(2)26(44)55-30-37(48)29(53-18(5)42)31(6)13-36(37,47)32(7,21(31)20(43)27(45)49-9)38-24-23(51-16(3)40)34-14-35(34,39(30,38)58-33(8,56-24)57-38)25(52-17(4)41)28(46)54-22(34)19-10-11-50-12-19/h10-12,15,20-25,29-30,43,47-48H,13-14H2,1-9H3/t20-,21+,22+,23+,24-,25+,29+,30-,31-,32-,33-,34-,35-,36-,37+,38+,39+/m0/s1. The molecule has 1 aromatic heterocycles. The lowest BCUT2D eigenvalue weighted by atomic mass is 9.33. The van der Waals surface area contributed by atoms with Crippen molar-refractivity contribution in [2.24, 2.45) is 33.5 Å². The first-order valence-electron chi connectivity index (χ1n) is 19.2. The average Bonchev–Trinajstić information content (AvgIpc) is 3.49. The molecule has 5 saturated carbocycles. The molecule has 316 valence electrons. The van der Waals surface area contributed by atoms with E-state index < -0.39 is 147 Å². The average molecular weight is 819 g/mol. The Hall–Kier alpha value is -4.14. The van der Waals surface area contributed by atoms with E-state index in [0.29, 0.717) is 0 Å². The van der Waals surface area contributed by atoms with Crippen molar-refractivity contribution in [1.29, 1.82) is 0 Å². The number of rotatable bonds is 8. The lowest BCUT2D eigenvalue weighted by Crippen LogP contribution is -2.97. The van der Waals surface area contributed by atoms with Crippen molar-refractivity contribution < 1.29 is 91.1 Å². The Kier molecular flexibility index (Phi) is 7.57. The first kappa shape index (κ1) is 39.3.